The lowest BCUT2D eigenvalue weighted by Crippen LogP contribution is -2.34. The molecule has 3 atom stereocenters. The number of carboxylic acids is 1. The van der Waals surface area contributed by atoms with Crippen molar-refractivity contribution < 1.29 is 29.0 Å². The number of hydrogen-bond acceptors (Lipinski definition) is 5. The van der Waals surface area contributed by atoms with E-state index in [0.29, 0.717) is 6.42 Å². The van der Waals surface area contributed by atoms with Crippen LogP contribution in [0.15, 0.2) is 12.2 Å². The van der Waals surface area contributed by atoms with Crippen molar-refractivity contribution in [1.82, 2.24) is 0 Å². The molecule has 1 aliphatic rings. The molecule has 1 aliphatic carbocycles. The van der Waals surface area contributed by atoms with Gasteiger partial charge in [0.25, 0.3) is 0 Å². The van der Waals surface area contributed by atoms with Gasteiger partial charge in [-0.05, 0) is 26.2 Å². The Bertz CT molecular complexity index is 410. The zero-order valence-electron chi connectivity index (χ0n) is 12.6. The van der Waals surface area contributed by atoms with Crippen LogP contribution in [0.2, 0.25) is 0 Å². The SMILES string of the molecule is CCOC(=O)C(C(=O)OCC)C1C=CC(C(C)C(=O)O)C1. The molecule has 21 heavy (non-hydrogen) atoms. The van der Waals surface area contributed by atoms with E-state index in [-0.39, 0.29) is 25.0 Å². The van der Waals surface area contributed by atoms with Gasteiger partial charge in [0.05, 0.1) is 19.1 Å². The number of hydrogen-bond donors (Lipinski definition) is 1. The second kappa shape index (κ2) is 7.81. The van der Waals surface area contributed by atoms with E-state index in [9.17, 15) is 14.4 Å². The van der Waals surface area contributed by atoms with Gasteiger partial charge in [0.2, 0.25) is 0 Å². The molecule has 0 aliphatic heterocycles. The van der Waals surface area contributed by atoms with Gasteiger partial charge < -0.3 is 14.6 Å². The molecular formula is C15H22O6. The molecule has 3 unspecified atom stereocenters. The van der Waals surface area contributed by atoms with Crippen LogP contribution in [0.25, 0.3) is 0 Å². The quantitative estimate of drug-likeness (QED) is 0.436. The molecule has 0 heterocycles. The number of rotatable bonds is 7. The van der Waals surface area contributed by atoms with Crippen molar-refractivity contribution >= 4 is 17.9 Å². The van der Waals surface area contributed by atoms with Crippen LogP contribution in [-0.2, 0) is 23.9 Å². The Morgan fingerprint density at radius 2 is 1.57 bits per heavy atom. The number of esters is 2. The van der Waals surface area contributed by atoms with Crippen molar-refractivity contribution in [2.24, 2.45) is 23.7 Å². The van der Waals surface area contributed by atoms with Gasteiger partial charge in [-0.2, -0.15) is 0 Å². The van der Waals surface area contributed by atoms with Crippen molar-refractivity contribution in [1.29, 1.82) is 0 Å². The van der Waals surface area contributed by atoms with Crippen LogP contribution in [0.1, 0.15) is 27.2 Å². The van der Waals surface area contributed by atoms with Gasteiger partial charge in [0.15, 0.2) is 5.92 Å². The molecule has 0 amide bonds. The van der Waals surface area contributed by atoms with Gasteiger partial charge in [-0.3, -0.25) is 14.4 Å². The van der Waals surface area contributed by atoms with Crippen LogP contribution in [0.3, 0.4) is 0 Å². The summed E-state index contributed by atoms with van der Waals surface area (Å²) in [5, 5.41) is 9.04. The molecular weight excluding hydrogens is 276 g/mol. The zero-order valence-corrected chi connectivity index (χ0v) is 12.6. The van der Waals surface area contributed by atoms with Crippen LogP contribution in [0.4, 0.5) is 0 Å². The van der Waals surface area contributed by atoms with E-state index in [2.05, 4.69) is 0 Å². The number of carboxylic acid groups (broad SMARTS) is 1. The first kappa shape index (κ1) is 17.2. The number of ether oxygens (including phenoxy) is 2. The minimum Gasteiger partial charge on any atom is -0.481 e. The summed E-state index contributed by atoms with van der Waals surface area (Å²) in [4.78, 5) is 35.0. The highest BCUT2D eigenvalue weighted by Crippen LogP contribution is 2.35. The first-order valence-corrected chi connectivity index (χ1v) is 7.16. The van der Waals surface area contributed by atoms with Crippen molar-refractivity contribution in [3.8, 4) is 0 Å². The van der Waals surface area contributed by atoms with Crippen LogP contribution < -0.4 is 0 Å². The van der Waals surface area contributed by atoms with Gasteiger partial charge in [0, 0.05) is 5.92 Å². The minimum atomic E-state index is -1.02. The molecule has 6 heteroatoms. The van der Waals surface area contributed by atoms with Crippen molar-refractivity contribution in [2.75, 3.05) is 13.2 Å². The maximum Gasteiger partial charge on any atom is 0.320 e. The average molecular weight is 298 g/mol. The summed E-state index contributed by atoms with van der Waals surface area (Å²) in [7, 11) is 0. The molecule has 6 nitrogen and oxygen atoms in total. The Hall–Kier alpha value is -1.85. The summed E-state index contributed by atoms with van der Waals surface area (Å²) in [6.45, 7) is 5.31. The Balaban J connectivity index is 2.82. The molecule has 0 saturated heterocycles. The minimum absolute atomic E-state index is 0.181. The van der Waals surface area contributed by atoms with Gasteiger partial charge >= 0.3 is 17.9 Å². The second-order valence-corrected chi connectivity index (χ2v) is 5.06. The van der Waals surface area contributed by atoms with E-state index in [1.165, 1.54) is 0 Å². The molecule has 0 bridgehead atoms. The Morgan fingerprint density at radius 3 is 2.00 bits per heavy atom. The fourth-order valence-corrected chi connectivity index (χ4v) is 2.47. The number of aliphatic carboxylic acids is 1. The topological polar surface area (TPSA) is 89.9 Å². The predicted molar refractivity (Wildman–Crippen MR) is 74.3 cm³/mol. The molecule has 0 aromatic heterocycles. The molecule has 1 rings (SSSR count). The lowest BCUT2D eigenvalue weighted by atomic mass is 9.85. The van der Waals surface area contributed by atoms with Crippen molar-refractivity contribution in [3.05, 3.63) is 12.2 Å². The lowest BCUT2D eigenvalue weighted by Gasteiger charge is -2.21. The number of carbonyl (C=O) groups excluding carboxylic acids is 2. The maximum atomic E-state index is 12.0. The van der Waals surface area contributed by atoms with Gasteiger partial charge in [-0.25, -0.2) is 0 Å². The first-order chi connectivity index (χ1) is 9.92. The van der Waals surface area contributed by atoms with Crippen LogP contribution in [-0.4, -0.2) is 36.2 Å². The molecule has 0 fully saturated rings. The zero-order chi connectivity index (χ0) is 16.0. The highest BCUT2D eigenvalue weighted by molar-refractivity contribution is 5.95. The fourth-order valence-electron chi connectivity index (χ4n) is 2.47. The summed E-state index contributed by atoms with van der Waals surface area (Å²) in [5.74, 6) is -4.28. The molecule has 1 N–H and O–H groups in total. The van der Waals surface area contributed by atoms with Crippen LogP contribution >= 0.6 is 0 Å². The van der Waals surface area contributed by atoms with Crippen LogP contribution in [0.5, 0.6) is 0 Å². The summed E-state index contributed by atoms with van der Waals surface area (Å²) in [6, 6.07) is 0. The lowest BCUT2D eigenvalue weighted by molar-refractivity contribution is -0.163. The van der Waals surface area contributed by atoms with Gasteiger partial charge in [0.1, 0.15) is 0 Å². The van der Waals surface area contributed by atoms with Crippen molar-refractivity contribution in [3.63, 3.8) is 0 Å². The summed E-state index contributed by atoms with van der Waals surface area (Å²) >= 11 is 0. The molecule has 0 radical (unpaired) electrons. The second-order valence-electron chi connectivity index (χ2n) is 5.06. The molecule has 118 valence electrons. The predicted octanol–water partition coefficient (Wildman–Crippen LogP) is 1.64. The van der Waals surface area contributed by atoms with Crippen LogP contribution in [0, 0.1) is 23.7 Å². The third kappa shape index (κ3) is 4.31. The average Bonchev–Trinajstić information content (AvgIpc) is 2.87. The number of allylic oxidation sites excluding steroid dienone is 2. The van der Waals surface area contributed by atoms with Crippen molar-refractivity contribution in [2.45, 2.75) is 27.2 Å². The third-order valence-corrected chi connectivity index (χ3v) is 3.69. The highest BCUT2D eigenvalue weighted by Gasteiger charge is 2.40. The molecule has 0 aromatic rings. The Morgan fingerprint density at radius 1 is 1.10 bits per heavy atom. The maximum absolute atomic E-state index is 12.0. The normalized spacial score (nSPS) is 22.1. The Kier molecular flexibility index (Phi) is 6.39. The van der Waals surface area contributed by atoms with E-state index in [4.69, 9.17) is 14.6 Å². The molecule has 0 aromatic carbocycles. The Labute approximate surface area is 124 Å². The molecule has 0 spiro atoms. The van der Waals surface area contributed by atoms with Gasteiger partial charge in [-0.1, -0.05) is 19.1 Å². The standard InChI is InChI=1S/C15H22O6/c1-4-20-14(18)12(15(19)21-5-2)11-7-6-10(8-11)9(3)13(16)17/h6-7,9-12H,4-5,8H2,1-3H3,(H,16,17). The number of carbonyl (C=O) groups is 3. The van der Waals surface area contributed by atoms with E-state index >= 15 is 0 Å². The highest BCUT2D eigenvalue weighted by atomic mass is 16.6. The summed E-state index contributed by atoms with van der Waals surface area (Å²) in [6.07, 6.45) is 3.91. The van der Waals surface area contributed by atoms with E-state index in [0.717, 1.165) is 0 Å². The first-order valence-electron chi connectivity index (χ1n) is 7.16. The van der Waals surface area contributed by atoms with Gasteiger partial charge in [-0.15, -0.1) is 0 Å². The largest absolute Gasteiger partial charge is 0.481 e. The smallest absolute Gasteiger partial charge is 0.320 e. The van der Waals surface area contributed by atoms with E-state index in [1.54, 1.807) is 32.9 Å². The fraction of sp³-hybridized carbons (Fsp3) is 0.667. The summed E-state index contributed by atoms with van der Waals surface area (Å²) in [5.41, 5.74) is 0. The molecule has 0 saturated carbocycles. The monoisotopic (exact) mass is 298 g/mol. The third-order valence-electron chi connectivity index (χ3n) is 3.69. The summed E-state index contributed by atoms with van der Waals surface area (Å²) < 4.78 is 9.87. The van der Waals surface area contributed by atoms with E-state index < -0.39 is 29.7 Å². The van der Waals surface area contributed by atoms with E-state index in [1.807, 2.05) is 0 Å².